The van der Waals surface area contributed by atoms with E-state index < -0.39 is 11.6 Å². The number of nitrogens with one attached hydrogen (secondary N) is 1. The Kier molecular flexibility index (Phi) is 7.58. The first-order valence-corrected chi connectivity index (χ1v) is 11.1. The predicted octanol–water partition coefficient (Wildman–Crippen LogP) is 6.91. The number of nitrogens with zero attached hydrogens (tertiary/aromatic N) is 2. The van der Waals surface area contributed by atoms with Gasteiger partial charge < -0.3 is 5.32 Å². The van der Waals surface area contributed by atoms with E-state index in [1.165, 1.54) is 17.0 Å². The number of benzene rings is 1. The van der Waals surface area contributed by atoms with Gasteiger partial charge in [-0.1, -0.05) is 35.9 Å². The highest BCUT2D eigenvalue weighted by Crippen LogP contribution is 2.26. The molecule has 0 aliphatic carbocycles. The molecule has 3 rings (SSSR count). The fourth-order valence-electron chi connectivity index (χ4n) is 3.06. The molecule has 0 bridgehead atoms. The van der Waals surface area contributed by atoms with Crippen molar-refractivity contribution in [3.8, 4) is 11.3 Å². The van der Waals surface area contributed by atoms with E-state index in [-0.39, 0.29) is 11.7 Å². The van der Waals surface area contributed by atoms with Crippen LogP contribution in [-0.4, -0.2) is 22.3 Å². The first kappa shape index (κ1) is 22.7. The molecule has 6 heteroatoms. The fourth-order valence-corrected chi connectivity index (χ4v) is 3.62. The first-order chi connectivity index (χ1) is 14.9. The zero-order valence-corrected chi connectivity index (χ0v) is 18.8. The molecule has 3 nitrogen and oxygen atoms in total. The van der Waals surface area contributed by atoms with Crippen molar-refractivity contribution in [1.82, 2.24) is 9.97 Å². The maximum atomic E-state index is 14.6. The van der Waals surface area contributed by atoms with Crippen molar-refractivity contribution in [2.24, 2.45) is 0 Å². The van der Waals surface area contributed by atoms with Gasteiger partial charge in [0.2, 0.25) is 0 Å². The third-order valence-corrected chi connectivity index (χ3v) is 5.78. The number of thioether (sulfide) groups is 1. The minimum atomic E-state index is -0.519. The molecule has 1 aromatic carbocycles. The van der Waals surface area contributed by atoms with E-state index in [0.717, 1.165) is 17.5 Å². The molecule has 0 radical (unpaired) electrons. The van der Waals surface area contributed by atoms with Crippen molar-refractivity contribution in [3.63, 3.8) is 0 Å². The summed E-state index contributed by atoms with van der Waals surface area (Å²) in [4.78, 5) is 9.32. The van der Waals surface area contributed by atoms with Crippen LogP contribution >= 0.6 is 11.8 Å². The summed E-state index contributed by atoms with van der Waals surface area (Å²) in [6.07, 6.45) is 10.4. The van der Waals surface area contributed by atoms with Gasteiger partial charge in [0.25, 0.3) is 0 Å². The minimum absolute atomic E-state index is 0.0960. The number of allylic oxidation sites excluding steroid dienone is 2. The second kappa shape index (κ2) is 10.4. The van der Waals surface area contributed by atoms with E-state index in [1.807, 2.05) is 31.2 Å². The van der Waals surface area contributed by atoms with Crippen molar-refractivity contribution >= 4 is 23.5 Å². The zero-order chi connectivity index (χ0) is 22.4. The van der Waals surface area contributed by atoms with Crippen molar-refractivity contribution in [2.45, 2.75) is 31.7 Å². The minimum Gasteiger partial charge on any atom is -0.378 e. The molecule has 0 saturated carbocycles. The summed E-state index contributed by atoms with van der Waals surface area (Å²) in [5.74, 6) is -1.03. The molecule has 31 heavy (non-hydrogen) atoms. The Bertz CT molecular complexity index is 1130. The molecule has 0 fully saturated rings. The van der Waals surface area contributed by atoms with Gasteiger partial charge >= 0.3 is 0 Å². The third kappa shape index (κ3) is 5.79. The number of pyridine rings is 2. The summed E-state index contributed by atoms with van der Waals surface area (Å²) in [5.41, 5.74) is 3.84. The van der Waals surface area contributed by atoms with Crippen molar-refractivity contribution in [2.75, 3.05) is 11.6 Å². The van der Waals surface area contributed by atoms with Gasteiger partial charge in [-0.3, -0.25) is 9.97 Å². The van der Waals surface area contributed by atoms with E-state index in [9.17, 15) is 8.78 Å². The normalized spacial score (nSPS) is 12.9. The van der Waals surface area contributed by atoms with Gasteiger partial charge in [-0.25, -0.2) is 8.78 Å². The van der Waals surface area contributed by atoms with Crippen LogP contribution in [0.15, 0.2) is 71.4 Å². The molecule has 0 spiro atoms. The third-order valence-electron chi connectivity index (χ3n) is 4.98. The van der Waals surface area contributed by atoms with Crippen LogP contribution < -0.4 is 5.32 Å². The number of halogens is 2. The Balaban J connectivity index is 1.72. The van der Waals surface area contributed by atoms with Crippen LogP contribution in [0.4, 0.5) is 14.5 Å². The van der Waals surface area contributed by atoms with Crippen LogP contribution in [0.2, 0.25) is 0 Å². The smallest absolute Gasteiger partial charge is 0.150 e. The average Bonchev–Trinajstić information content (AvgIpc) is 2.76. The Morgan fingerprint density at radius 3 is 2.65 bits per heavy atom. The molecule has 0 aliphatic rings. The number of rotatable bonds is 7. The van der Waals surface area contributed by atoms with E-state index in [0.29, 0.717) is 16.8 Å². The molecule has 1 N–H and O–H groups in total. The van der Waals surface area contributed by atoms with Gasteiger partial charge in [-0.2, -0.15) is 0 Å². The molecule has 160 valence electrons. The topological polar surface area (TPSA) is 37.8 Å². The van der Waals surface area contributed by atoms with Crippen LogP contribution in [0, 0.1) is 18.6 Å². The van der Waals surface area contributed by atoms with Crippen LogP contribution in [0.5, 0.6) is 0 Å². The standard InChI is InChI=1S/C25H25F2N3S/c1-16(17(2)30-23-10-5-6-11-24(23)31-4)8-7-9-19-12-22(27)25(29-14-19)21-13-20(26)15-28-18(21)3/h5-15,17,30H,1-4H3/b9-7+,16-8-. The van der Waals surface area contributed by atoms with Crippen LogP contribution in [0.25, 0.3) is 17.3 Å². The lowest BCUT2D eigenvalue weighted by Gasteiger charge is -2.18. The summed E-state index contributed by atoms with van der Waals surface area (Å²) in [6, 6.07) is 11.0. The molecule has 0 aliphatic heterocycles. The summed E-state index contributed by atoms with van der Waals surface area (Å²) in [5, 5.41) is 3.52. The summed E-state index contributed by atoms with van der Waals surface area (Å²) >= 11 is 1.70. The number of hydrogen-bond acceptors (Lipinski definition) is 4. The maximum Gasteiger partial charge on any atom is 0.150 e. The number of aromatic nitrogens is 2. The van der Waals surface area contributed by atoms with Gasteiger partial charge in [0.1, 0.15) is 17.3 Å². The van der Waals surface area contributed by atoms with Gasteiger partial charge in [0, 0.05) is 34.1 Å². The summed E-state index contributed by atoms with van der Waals surface area (Å²) in [7, 11) is 0. The SMILES string of the molecule is CSc1ccccc1NC(C)/C(C)=C\C=C\c1cnc(-c2cc(F)cnc2C)c(F)c1. The summed E-state index contributed by atoms with van der Waals surface area (Å²) < 4.78 is 28.1. The quantitative estimate of drug-likeness (QED) is 0.322. The summed E-state index contributed by atoms with van der Waals surface area (Å²) in [6.45, 7) is 5.84. The number of hydrogen-bond donors (Lipinski definition) is 1. The Labute approximate surface area is 186 Å². The Morgan fingerprint density at radius 1 is 1.13 bits per heavy atom. The molecule has 1 unspecified atom stereocenters. The number of aryl methyl sites for hydroxylation is 1. The highest BCUT2D eigenvalue weighted by molar-refractivity contribution is 7.98. The average molecular weight is 438 g/mol. The lowest BCUT2D eigenvalue weighted by atomic mass is 10.1. The Morgan fingerprint density at radius 2 is 1.90 bits per heavy atom. The highest BCUT2D eigenvalue weighted by atomic mass is 32.2. The van der Waals surface area contributed by atoms with Gasteiger partial charge in [0.15, 0.2) is 0 Å². The fraction of sp³-hybridized carbons (Fsp3) is 0.200. The maximum absolute atomic E-state index is 14.6. The van der Waals surface area contributed by atoms with Crippen molar-refractivity contribution in [3.05, 3.63) is 89.4 Å². The van der Waals surface area contributed by atoms with E-state index >= 15 is 0 Å². The van der Waals surface area contributed by atoms with E-state index in [1.54, 1.807) is 31.0 Å². The van der Waals surface area contributed by atoms with Gasteiger partial charge in [0.05, 0.1) is 6.20 Å². The lowest BCUT2D eigenvalue weighted by Crippen LogP contribution is -2.16. The van der Waals surface area contributed by atoms with Crippen LogP contribution in [0.1, 0.15) is 25.1 Å². The second-order valence-corrected chi connectivity index (χ2v) is 8.07. The zero-order valence-electron chi connectivity index (χ0n) is 18.0. The molecule has 2 aromatic heterocycles. The van der Waals surface area contributed by atoms with Gasteiger partial charge in [-0.15, -0.1) is 11.8 Å². The molecule has 3 aromatic rings. The molecule has 0 saturated heterocycles. The van der Waals surface area contributed by atoms with Crippen LogP contribution in [-0.2, 0) is 0 Å². The molecule has 1 atom stereocenters. The largest absolute Gasteiger partial charge is 0.378 e. The molecular formula is C25H25F2N3S. The van der Waals surface area contributed by atoms with Crippen molar-refractivity contribution in [1.29, 1.82) is 0 Å². The number of anilines is 1. The molecule has 2 heterocycles. The predicted molar refractivity (Wildman–Crippen MR) is 126 cm³/mol. The lowest BCUT2D eigenvalue weighted by molar-refractivity contribution is 0.616. The van der Waals surface area contributed by atoms with Crippen LogP contribution in [0.3, 0.4) is 0 Å². The second-order valence-electron chi connectivity index (χ2n) is 7.22. The molecular weight excluding hydrogens is 412 g/mol. The van der Waals surface area contributed by atoms with E-state index in [2.05, 4.69) is 40.6 Å². The highest BCUT2D eigenvalue weighted by Gasteiger charge is 2.12. The molecule has 0 amide bonds. The Hall–Kier alpha value is -2.99. The number of para-hydroxylation sites is 1. The van der Waals surface area contributed by atoms with E-state index in [4.69, 9.17) is 0 Å². The van der Waals surface area contributed by atoms with Crippen molar-refractivity contribution < 1.29 is 8.78 Å². The monoisotopic (exact) mass is 437 g/mol. The van der Waals surface area contributed by atoms with Gasteiger partial charge in [-0.05, 0) is 56.9 Å². The first-order valence-electron chi connectivity index (χ1n) is 9.91.